The highest BCUT2D eigenvalue weighted by atomic mass is 16.6. The fourth-order valence-corrected chi connectivity index (χ4v) is 7.12. The van der Waals surface area contributed by atoms with Crippen LogP contribution in [0.25, 0.3) is 0 Å². The van der Waals surface area contributed by atoms with Gasteiger partial charge in [-0.05, 0) is 62.0 Å². The van der Waals surface area contributed by atoms with Gasteiger partial charge in [-0.15, -0.1) is 0 Å². The summed E-state index contributed by atoms with van der Waals surface area (Å²) in [6.45, 7) is 6.99. The Morgan fingerprint density at radius 2 is 1.90 bits per heavy atom. The van der Waals surface area contributed by atoms with Crippen molar-refractivity contribution >= 4 is 5.97 Å². The Morgan fingerprint density at radius 1 is 1.13 bits per heavy atom. The van der Waals surface area contributed by atoms with Gasteiger partial charge in [0.15, 0.2) is 11.5 Å². The summed E-state index contributed by atoms with van der Waals surface area (Å²) in [5, 5.41) is 21.2. The standard InChI is InChI=1S/C32H43NO6/c1-19(2)12-13-26(35)24-16-22(15-21-9-6-5-7-10-21)17-25-28-20(3)29(38-27(28)11-8-14-33(24)25)31-30(37-4)23(18-34)32(36)39-31/h5-7,9-11,19-20,22,24-26,28,34-35H,8,12-18H2,1-4H3. The molecule has 0 amide bonds. The molecule has 2 N–H and O–H groups in total. The molecule has 0 saturated carbocycles. The third-order valence-electron chi connectivity index (χ3n) is 9.02. The van der Waals surface area contributed by atoms with E-state index in [0.29, 0.717) is 17.6 Å². The first-order valence-corrected chi connectivity index (χ1v) is 14.5. The lowest BCUT2D eigenvalue weighted by molar-refractivity contribution is -0.133. The van der Waals surface area contributed by atoms with E-state index in [9.17, 15) is 15.0 Å². The Morgan fingerprint density at radius 3 is 2.59 bits per heavy atom. The molecule has 6 unspecified atom stereocenters. The lowest BCUT2D eigenvalue weighted by atomic mass is 9.73. The van der Waals surface area contributed by atoms with Crippen molar-refractivity contribution < 1.29 is 29.2 Å². The van der Waals surface area contributed by atoms with Crippen LogP contribution in [0.1, 0.15) is 58.4 Å². The summed E-state index contributed by atoms with van der Waals surface area (Å²) >= 11 is 0. The Kier molecular flexibility index (Phi) is 8.50. The van der Waals surface area contributed by atoms with Crippen LogP contribution in [0.15, 0.2) is 65.0 Å². The summed E-state index contributed by atoms with van der Waals surface area (Å²) in [4.78, 5) is 15.0. The topological polar surface area (TPSA) is 88.5 Å². The molecule has 4 aliphatic rings. The molecule has 39 heavy (non-hydrogen) atoms. The van der Waals surface area contributed by atoms with Crippen molar-refractivity contribution in [3.8, 4) is 0 Å². The van der Waals surface area contributed by atoms with Crippen molar-refractivity contribution in [1.82, 2.24) is 4.90 Å². The van der Waals surface area contributed by atoms with Crippen LogP contribution in [0, 0.1) is 23.7 Å². The first kappa shape index (κ1) is 27.9. The number of rotatable bonds is 8. The number of esters is 1. The molecule has 2 fully saturated rings. The summed E-state index contributed by atoms with van der Waals surface area (Å²) in [6, 6.07) is 10.9. The molecular formula is C32H43NO6. The number of nitrogens with zero attached hydrogens (tertiary/aromatic N) is 1. The van der Waals surface area contributed by atoms with Crippen molar-refractivity contribution in [3.05, 3.63) is 70.6 Å². The molecule has 0 aliphatic carbocycles. The molecule has 0 radical (unpaired) electrons. The second kappa shape index (κ2) is 11.9. The fourth-order valence-electron chi connectivity index (χ4n) is 7.12. The van der Waals surface area contributed by atoms with Crippen molar-refractivity contribution in [2.75, 3.05) is 20.3 Å². The van der Waals surface area contributed by atoms with Crippen LogP contribution in [0.5, 0.6) is 0 Å². The van der Waals surface area contributed by atoms with Gasteiger partial charge in [-0.2, -0.15) is 0 Å². The van der Waals surface area contributed by atoms with E-state index in [1.165, 1.54) is 12.7 Å². The highest BCUT2D eigenvalue weighted by Crippen LogP contribution is 2.50. The number of benzene rings is 1. The monoisotopic (exact) mass is 537 g/mol. The maximum Gasteiger partial charge on any atom is 0.345 e. The highest BCUT2D eigenvalue weighted by molar-refractivity contribution is 5.94. The Balaban J connectivity index is 1.48. The number of carbonyl (C=O) groups excluding carboxylic acids is 1. The van der Waals surface area contributed by atoms with E-state index in [1.807, 2.05) is 0 Å². The first-order chi connectivity index (χ1) is 18.8. The quantitative estimate of drug-likeness (QED) is 0.465. The zero-order valence-electron chi connectivity index (χ0n) is 23.6. The van der Waals surface area contributed by atoms with Crippen LogP contribution in [0.2, 0.25) is 0 Å². The van der Waals surface area contributed by atoms with E-state index in [0.717, 1.165) is 50.8 Å². The third-order valence-corrected chi connectivity index (χ3v) is 9.02. The molecule has 0 spiro atoms. The molecule has 1 aromatic carbocycles. The summed E-state index contributed by atoms with van der Waals surface area (Å²) in [7, 11) is 1.48. The van der Waals surface area contributed by atoms with Gasteiger partial charge in [0.2, 0.25) is 5.76 Å². The van der Waals surface area contributed by atoms with Crippen LogP contribution in [0.4, 0.5) is 0 Å². The summed E-state index contributed by atoms with van der Waals surface area (Å²) < 4.78 is 17.6. The summed E-state index contributed by atoms with van der Waals surface area (Å²) in [6.07, 6.45) is 7.42. The van der Waals surface area contributed by atoms with Gasteiger partial charge >= 0.3 is 5.97 Å². The van der Waals surface area contributed by atoms with Crippen molar-refractivity contribution in [2.24, 2.45) is 23.7 Å². The van der Waals surface area contributed by atoms with Crippen LogP contribution in [0.3, 0.4) is 0 Å². The molecule has 6 atom stereocenters. The molecule has 7 heteroatoms. The van der Waals surface area contributed by atoms with Gasteiger partial charge in [0, 0.05) is 30.5 Å². The van der Waals surface area contributed by atoms with E-state index >= 15 is 0 Å². The maximum absolute atomic E-state index is 12.4. The van der Waals surface area contributed by atoms with Gasteiger partial charge < -0.3 is 24.4 Å². The van der Waals surface area contributed by atoms with Gasteiger partial charge in [0.25, 0.3) is 0 Å². The highest BCUT2D eigenvalue weighted by Gasteiger charge is 2.51. The Bertz CT molecular complexity index is 1140. The van der Waals surface area contributed by atoms with Crippen LogP contribution in [-0.4, -0.2) is 59.5 Å². The number of hydrogen-bond acceptors (Lipinski definition) is 7. The number of fused-ring (bicyclic) bond motifs is 3. The second-order valence-electron chi connectivity index (χ2n) is 12.0. The molecule has 0 aromatic heterocycles. The number of piperidine rings is 1. The predicted octanol–water partition coefficient (Wildman–Crippen LogP) is 4.71. The number of carbonyl (C=O) groups is 1. The maximum atomic E-state index is 12.4. The number of aliphatic hydroxyl groups is 2. The predicted molar refractivity (Wildman–Crippen MR) is 148 cm³/mol. The number of methoxy groups -OCH3 is 1. The SMILES string of the molecule is COC1=C(CO)C(=O)OC1=C1OC2=CCCN3C(C(O)CCC(C)C)CC(Cc4ccccc4)CC3C2C1C. The number of aliphatic hydroxyl groups excluding tert-OH is 2. The van der Waals surface area contributed by atoms with Crippen LogP contribution in [-0.2, 0) is 25.4 Å². The van der Waals surface area contributed by atoms with Crippen LogP contribution >= 0.6 is 0 Å². The lowest BCUT2D eigenvalue weighted by Crippen LogP contribution is -2.57. The van der Waals surface area contributed by atoms with Crippen molar-refractivity contribution in [3.63, 3.8) is 0 Å². The summed E-state index contributed by atoms with van der Waals surface area (Å²) in [5.41, 5.74) is 1.45. The van der Waals surface area contributed by atoms with Crippen molar-refractivity contribution in [2.45, 2.75) is 77.5 Å². The summed E-state index contributed by atoms with van der Waals surface area (Å²) in [5.74, 6) is 2.45. The van der Waals surface area contributed by atoms with E-state index in [-0.39, 0.29) is 47.1 Å². The average molecular weight is 538 g/mol. The van der Waals surface area contributed by atoms with Gasteiger partial charge in [-0.25, -0.2) is 4.79 Å². The smallest absolute Gasteiger partial charge is 0.345 e. The molecule has 5 rings (SSSR count). The molecule has 0 bridgehead atoms. The average Bonchev–Trinajstić information content (AvgIpc) is 3.35. The third kappa shape index (κ3) is 5.54. The van der Waals surface area contributed by atoms with E-state index in [1.54, 1.807) is 0 Å². The van der Waals surface area contributed by atoms with Gasteiger partial charge in [-0.1, -0.05) is 51.1 Å². The zero-order valence-corrected chi connectivity index (χ0v) is 23.6. The number of hydrogen-bond donors (Lipinski definition) is 2. The minimum absolute atomic E-state index is 0.0585. The van der Waals surface area contributed by atoms with Gasteiger partial charge in [0.1, 0.15) is 11.3 Å². The normalized spacial score (nSPS) is 31.8. The van der Waals surface area contributed by atoms with E-state index < -0.39 is 12.6 Å². The second-order valence-corrected chi connectivity index (χ2v) is 12.0. The molecular weight excluding hydrogens is 494 g/mol. The lowest BCUT2D eigenvalue weighted by Gasteiger charge is -2.49. The first-order valence-electron chi connectivity index (χ1n) is 14.5. The largest absolute Gasteiger partial charge is 0.492 e. The van der Waals surface area contributed by atoms with Crippen molar-refractivity contribution in [1.29, 1.82) is 0 Å². The molecule has 2 saturated heterocycles. The molecule has 4 heterocycles. The molecule has 1 aromatic rings. The molecule has 212 valence electrons. The Labute approximate surface area is 232 Å². The van der Waals surface area contributed by atoms with Gasteiger partial charge in [0.05, 0.1) is 19.8 Å². The molecule has 7 nitrogen and oxygen atoms in total. The van der Waals surface area contributed by atoms with E-state index in [4.69, 9.17) is 14.2 Å². The minimum Gasteiger partial charge on any atom is -0.492 e. The molecule has 4 aliphatic heterocycles. The van der Waals surface area contributed by atoms with E-state index in [2.05, 4.69) is 62.1 Å². The number of cyclic esters (lactones) is 1. The minimum atomic E-state index is -0.593. The Hall–Kier alpha value is -2.61. The fraction of sp³-hybridized carbons (Fsp3) is 0.594. The van der Waals surface area contributed by atoms with Gasteiger partial charge in [-0.3, -0.25) is 4.90 Å². The number of allylic oxidation sites excluding steroid dienone is 1. The zero-order chi connectivity index (χ0) is 27.7. The number of ether oxygens (including phenoxy) is 3. The van der Waals surface area contributed by atoms with Crippen LogP contribution < -0.4 is 0 Å².